The molecule has 5 aromatic carbocycles. The van der Waals surface area contributed by atoms with Crippen LogP contribution in [0.2, 0.25) is 0 Å². The Kier molecular flexibility index (Phi) is 7.04. The summed E-state index contributed by atoms with van der Waals surface area (Å²) >= 11 is 0. The highest BCUT2D eigenvalue weighted by Crippen LogP contribution is 2.39. The fourth-order valence-corrected chi connectivity index (χ4v) is 6.64. The van der Waals surface area contributed by atoms with Gasteiger partial charge in [-0.1, -0.05) is 140 Å². The van der Waals surface area contributed by atoms with Gasteiger partial charge in [0, 0.05) is 17.3 Å². The molecule has 2 heteroatoms. The van der Waals surface area contributed by atoms with E-state index >= 15 is 0 Å². The molecule has 46 heavy (non-hydrogen) atoms. The minimum absolute atomic E-state index is 0.363. The van der Waals surface area contributed by atoms with Crippen LogP contribution in [-0.4, -0.2) is 9.38 Å². The van der Waals surface area contributed by atoms with Crippen molar-refractivity contribution in [2.24, 2.45) is 5.92 Å². The zero-order chi connectivity index (χ0) is 31.0. The van der Waals surface area contributed by atoms with Crippen LogP contribution in [-0.2, 0) is 0 Å². The maximum atomic E-state index is 5.04. The van der Waals surface area contributed by atoms with Crippen molar-refractivity contribution >= 4 is 22.0 Å². The summed E-state index contributed by atoms with van der Waals surface area (Å²) in [7, 11) is 0. The molecule has 0 spiro atoms. The average Bonchev–Trinajstić information content (AvgIpc) is 3.42. The lowest BCUT2D eigenvalue weighted by Gasteiger charge is -2.16. The van der Waals surface area contributed by atoms with E-state index in [1.54, 1.807) is 0 Å². The van der Waals surface area contributed by atoms with Crippen LogP contribution < -0.4 is 0 Å². The fraction of sp³-hybridized carbons (Fsp3) is 0.0682. The van der Waals surface area contributed by atoms with Gasteiger partial charge in [0.2, 0.25) is 0 Å². The largest absolute Gasteiger partial charge is 0.299 e. The predicted molar refractivity (Wildman–Crippen MR) is 194 cm³/mol. The first-order valence-electron chi connectivity index (χ1n) is 15.9. The monoisotopic (exact) mass is 590 g/mol. The summed E-state index contributed by atoms with van der Waals surface area (Å²) in [4.78, 5) is 5.04. The van der Waals surface area contributed by atoms with Crippen molar-refractivity contribution in [2.45, 2.75) is 13.3 Å². The molecular weight excluding hydrogens is 556 g/mol. The average molecular weight is 591 g/mol. The first-order valence-corrected chi connectivity index (χ1v) is 15.9. The molecule has 2 nitrogen and oxygen atoms in total. The van der Waals surface area contributed by atoms with Gasteiger partial charge in [0.15, 0.2) is 0 Å². The van der Waals surface area contributed by atoms with Gasteiger partial charge in [-0.15, -0.1) is 0 Å². The number of hydrogen-bond acceptors (Lipinski definition) is 1. The van der Waals surface area contributed by atoms with E-state index in [1.165, 1.54) is 49.7 Å². The maximum absolute atomic E-state index is 5.04. The Labute approximate surface area is 270 Å². The van der Waals surface area contributed by atoms with Crippen LogP contribution in [0, 0.1) is 5.92 Å². The standard InChI is InChI=1S/C44H34N2/c1-30-12-10-17-36(26-31(30)2)38-27-37(28-39(29-38)41-19-11-16-33-13-6-7-18-40(33)41)32-21-23-35(24-22-32)44-43(34-14-4-3-5-15-34)45-42-20-8-9-25-46(42)44/h3-25,27-30H,2,26H2,1H3. The zero-order valence-electron chi connectivity index (χ0n) is 25.9. The van der Waals surface area contributed by atoms with Crippen LogP contribution in [0.4, 0.5) is 0 Å². The predicted octanol–water partition coefficient (Wildman–Crippen LogP) is 11.7. The Bertz CT molecular complexity index is 2290. The number of imidazole rings is 1. The summed E-state index contributed by atoms with van der Waals surface area (Å²) in [5.74, 6) is 0.363. The Morgan fingerprint density at radius 1 is 0.652 bits per heavy atom. The van der Waals surface area contributed by atoms with Gasteiger partial charge in [-0.2, -0.15) is 0 Å². The molecule has 0 N–H and O–H groups in total. The molecule has 7 aromatic rings. The molecule has 0 amide bonds. The molecular formula is C44H34N2. The number of pyridine rings is 1. The third-order valence-corrected chi connectivity index (χ3v) is 9.23. The first-order chi connectivity index (χ1) is 22.6. The molecule has 0 saturated carbocycles. The van der Waals surface area contributed by atoms with Crippen molar-refractivity contribution in [3.05, 3.63) is 176 Å². The molecule has 1 aliphatic carbocycles. The molecule has 2 heterocycles. The Balaban J connectivity index is 1.27. The Hall–Kier alpha value is -5.73. The molecule has 0 saturated heterocycles. The van der Waals surface area contributed by atoms with E-state index in [-0.39, 0.29) is 0 Å². The van der Waals surface area contributed by atoms with Gasteiger partial charge in [0.05, 0.1) is 11.4 Å². The smallest absolute Gasteiger partial charge is 0.137 e. The Morgan fingerprint density at radius 3 is 2.24 bits per heavy atom. The van der Waals surface area contributed by atoms with E-state index in [0.29, 0.717) is 5.92 Å². The third kappa shape index (κ3) is 5.08. The molecule has 220 valence electrons. The van der Waals surface area contributed by atoms with E-state index in [9.17, 15) is 0 Å². The summed E-state index contributed by atoms with van der Waals surface area (Å²) in [6.45, 7) is 6.64. The topological polar surface area (TPSA) is 17.3 Å². The van der Waals surface area contributed by atoms with Crippen molar-refractivity contribution in [1.82, 2.24) is 9.38 Å². The minimum Gasteiger partial charge on any atom is -0.299 e. The van der Waals surface area contributed by atoms with Gasteiger partial charge in [-0.05, 0) is 86.8 Å². The zero-order valence-corrected chi connectivity index (χ0v) is 25.9. The normalized spacial score (nSPS) is 14.8. The van der Waals surface area contributed by atoms with Crippen LogP contribution in [0.3, 0.4) is 0 Å². The number of rotatable bonds is 5. The van der Waals surface area contributed by atoms with Crippen LogP contribution in [0.15, 0.2) is 170 Å². The molecule has 1 unspecified atom stereocenters. The van der Waals surface area contributed by atoms with Crippen molar-refractivity contribution in [1.29, 1.82) is 0 Å². The molecule has 1 aliphatic rings. The first kappa shape index (κ1) is 27.8. The van der Waals surface area contributed by atoms with Gasteiger partial charge in [-0.3, -0.25) is 4.40 Å². The van der Waals surface area contributed by atoms with Gasteiger partial charge in [0.1, 0.15) is 5.65 Å². The highest BCUT2D eigenvalue weighted by Gasteiger charge is 2.17. The molecule has 0 fully saturated rings. The molecule has 2 aromatic heterocycles. The van der Waals surface area contributed by atoms with Crippen molar-refractivity contribution in [2.75, 3.05) is 0 Å². The summed E-state index contributed by atoms with van der Waals surface area (Å²) in [5, 5.41) is 2.51. The summed E-state index contributed by atoms with van der Waals surface area (Å²) in [6.07, 6.45) is 9.66. The second-order valence-corrected chi connectivity index (χ2v) is 12.2. The second-order valence-electron chi connectivity index (χ2n) is 12.2. The highest BCUT2D eigenvalue weighted by molar-refractivity contribution is 5.98. The van der Waals surface area contributed by atoms with Crippen molar-refractivity contribution in [3.63, 3.8) is 0 Å². The second kappa shape index (κ2) is 11.6. The molecule has 0 bridgehead atoms. The van der Waals surface area contributed by atoms with E-state index < -0.39 is 0 Å². The minimum atomic E-state index is 0.363. The number of fused-ring (bicyclic) bond motifs is 2. The SMILES string of the molecule is C=C1CC(c2cc(-c3ccc(-c4c(-c5ccccc5)nc5ccccn45)cc3)cc(-c3cccc4ccccc34)c2)=CC=CC1C. The summed E-state index contributed by atoms with van der Waals surface area (Å²) in [6, 6.07) is 47.9. The van der Waals surface area contributed by atoms with Crippen LogP contribution in [0.25, 0.3) is 66.8 Å². The van der Waals surface area contributed by atoms with E-state index in [4.69, 9.17) is 4.98 Å². The molecule has 0 radical (unpaired) electrons. The number of hydrogen-bond donors (Lipinski definition) is 0. The van der Waals surface area contributed by atoms with E-state index in [1.807, 2.05) is 12.1 Å². The van der Waals surface area contributed by atoms with Crippen LogP contribution in [0.1, 0.15) is 18.9 Å². The van der Waals surface area contributed by atoms with Crippen molar-refractivity contribution in [3.8, 4) is 44.8 Å². The van der Waals surface area contributed by atoms with Gasteiger partial charge < -0.3 is 0 Å². The van der Waals surface area contributed by atoms with Crippen molar-refractivity contribution < 1.29 is 0 Å². The molecule has 0 aliphatic heterocycles. The lowest BCUT2D eigenvalue weighted by Crippen LogP contribution is -1.95. The molecule has 8 rings (SSSR count). The molecule has 1 atom stereocenters. The highest BCUT2D eigenvalue weighted by atomic mass is 15.0. The fourth-order valence-electron chi connectivity index (χ4n) is 6.64. The van der Waals surface area contributed by atoms with Crippen LogP contribution >= 0.6 is 0 Å². The number of nitrogens with zero attached hydrogens (tertiary/aromatic N) is 2. The van der Waals surface area contributed by atoms with E-state index in [0.717, 1.165) is 34.6 Å². The lowest BCUT2D eigenvalue weighted by atomic mass is 9.88. The van der Waals surface area contributed by atoms with Gasteiger partial charge in [-0.25, -0.2) is 4.98 Å². The maximum Gasteiger partial charge on any atom is 0.137 e. The van der Waals surface area contributed by atoms with Gasteiger partial charge in [0.25, 0.3) is 0 Å². The number of benzene rings is 5. The van der Waals surface area contributed by atoms with Crippen LogP contribution in [0.5, 0.6) is 0 Å². The number of allylic oxidation sites excluding steroid dienone is 5. The third-order valence-electron chi connectivity index (χ3n) is 9.23. The van der Waals surface area contributed by atoms with Gasteiger partial charge >= 0.3 is 0 Å². The number of aromatic nitrogens is 2. The summed E-state index contributed by atoms with van der Waals surface area (Å²) < 4.78 is 2.19. The summed E-state index contributed by atoms with van der Waals surface area (Å²) in [5.41, 5.74) is 13.9. The lowest BCUT2D eigenvalue weighted by molar-refractivity contribution is 0.847. The quantitative estimate of drug-likeness (QED) is 0.182. The van der Waals surface area contributed by atoms with E-state index in [2.05, 4.69) is 164 Å². The Morgan fingerprint density at radius 2 is 1.37 bits per heavy atom.